The predicted molar refractivity (Wildman–Crippen MR) is 91.0 cm³/mol. The molecule has 2 atom stereocenters. The van der Waals surface area contributed by atoms with Crippen LogP contribution in [0.4, 0.5) is 4.39 Å². The van der Waals surface area contributed by atoms with E-state index in [1.807, 2.05) is 0 Å². The molecule has 1 fully saturated rings. The molecule has 0 bridgehead atoms. The molecule has 2 unspecified atom stereocenters. The van der Waals surface area contributed by atoms with Crippen LogP contribution in [0.2, 0.25) is 0 Å². The predicted octanol–water partition coefficient (Wildman–Crippen LogP) is 1.77. The summed E-state index contributed by atoms with van der Waals surface area (Å²) in [5, 5.41) is 14.3. The lowest BCUT2D eigenvalue weighted by Crippen LogP contribution is -2.48. The summed E-state index contributed by atoms with van der Waals surface area (Å²) in [6, 6.07) is 1.32. The van der Waals surface area contributed by atoms with Crippen molar-refractivity contribution in [3.05, 3.63) is 29.6 Å². The number of nitrogens with one attached hydrogen (secondary N) is 2. The van der Waals surface area contributed by atoms with Crippen molar-refractivity contribution in [2.75, 3.05) is 7.11 Å². The van der Waals surface area contributed by atoms with Crippen LogP contribution in [-0.2, 0) is 14.4 Å². The number of halogens is 1. The first-order chi connectivity index (χ1) is 12.3. The number of hydrogen-bond donors (Lipinski definition) is 3. The number of aliphatic carboxylic acids is 1. The van der Waals surface area contributed by atoms with Crippen molar-refractivity contribution in [3.8, 4) is 5.75 Å². The van der Waals surface area contributed by atoms with Crippen molar-refractivity contribution in [2.24, 2.45) is 5.92 Å². The smallest absolute Gasteiger partial charge is 0.330 e. The minimum absolute atomic E-state index is 0.0265. The number of benzene rings is 1. The number of carboxylic acid groups (broad SMARTS) is 1. The van der Waals surface area contributed by atoms with Crippen molar-refractivity contribution >= 4 is 17.8 Å². The largest absolute Gasteiger partial charge is 0.494 e. The van der Waals surface area contributed by atoms with Crippen LogP contribution < -0.4 is 15.4 Å². The highest BCUT2D eigenvalue weighted by Crippen LogP contribution is 2.25. The Kier molecular flexibility index (Phi) is 6.54. The Morgan fingerprint density at radius 3 is 2.42 bits per heavy atom. The molecule has 1 aliphatic rings. The summed E-state index contributed by atoms with van der Waals surface area (Å²) in [5.74, 6) is -3.05. The summed E-state index contributed by atoms with van der Waals surface area (Å²) < 4.78 is 18.6. The SMILES string of the molecule is COc1ccc(C(NC(=O)C(C)NC(=O)C2CCCC2)C(=O)O)cc1F. The number of rotatable bonds is 7. The molecular weight excluding hydrogens is 343 g/mol. The molecule has 0 aliphatic heterocycles. The summed E-state index contributed by atoms with van der Waals surface area (Å²) >= 11 is 0. The van der Waals surface area contributed by atoms with E-state index in [2.05, 4.69) is 10.6 Å². The first-order valence-corrected chi connectivity index (χ1v) is 8.50. The fourth-order valence-electron chi connectivity index (χ4n) is 3.00. The van der Waals surface area contributed by atoms with Crippen LogP contribution >= 0.6 is 0 Å². The Bertz CT molecular complexity index is 688. The van der Waals surface area contributed by atoms with Crippen LogP contribution in [0, 0.1) is 11.7 Å². The lowest BCUT2D eigenvalue weighted by atomic mass is 10.1. The zero-order valence-electron chi connectivity index (χ0n) is 14.8. The number of carbonyl (C=O) groups excluding carboxylic acids is 2. The lowest BCUT2D eigenvalue weighted by molar-refractivity contribution is -0.142. The monoisotopic (exact) mass is 366 g/mol. The normalized spacial score (nSPS) is 16.6. The number of methoxy groups -OCH3 is 1. The van der Waals surface area contributed by atoms with E-state index < -0.39 is 29.8 Å². The zero-order valence-corrected chi connectivity index (χ0v) is 14.8. The zero-order chi connectivity index (χ0) is 19.3. The fourth-order valence-corrected chi connectivity index (χ4v) is 3.00. The first kappa shape index (κ1) is 19.7. The van der Waals surface area contributed by atoms with Gasteiger partial charge in [0.25, 0.3) is 0 Å². The fraction of sp³-hybridized carbons (Fsp3) is 0.500. The molecule has 0 saturated heterocycles. The molecule has 2 amide bonds. The second kappa shape index (κ2) is 8.64. The van der Waals surface area contributed by atoms with Gasteiger partial charge in [-0.2, -0.15) is 0 Å². The van der Waals surface area contributed by atoms with Gasteiger partial charge in [-0.15, -0.1) is 0 Å². The van der Waals surface area contributed by atoms with Crippen LogP contribution in [0.25, 0.3) is 0 Å². The van der Waals surface area contributed by atoms with Gasteiger partial charge in [0.15, 0.2) is 17.6 Å². The van der Waals surface area contributed by atoms with Crippen molar-refractivity contribution in [1.29, 1.82) is 0 Å². The quantitative estimate of drug-likeness (QED) is 0.682. The number of carboxylic acids is 1. The molecule has 2 rings (SSSR count). The van der Waals surface area contributed by atoms with Crippen LogP contribution in [0.1, 0.15) is 44.2 Å². The van der Waals surface area contributed by atoms with E-state index in [4.69, 9.17) is 4.74 Å². The van der Waals surface area contributed by atoms with Crippen molar-refractivity contribution in [1.82, 2.24) is 10.6 Å². The number of ether oxygens (including phenoxy) is 1. The van der Waals surface area contributed by atoms with E-state index in [0.29, 0.717) is 0 Å². The summed E-state index contributed by atoms with van der Waals surface area (Å²) in [6.45, 7) is 1.48. The van der Waals surface area contributed by atoms with Gasteiger partial charge < -0.3 is 20.5 Å². The van der Waals surface area contributed by atoms with Crippen molar-refractivity contribution in [3.63, 3.8) is 0 Å². The molecule has 0 spiro atoms. The van der Waals surface area contributed by atoms with Crippen LogP contribution in [0.15, 0.2) is 18.2 Å². The Morgan fingerprint density at radius 2 is 1.88 bits per heavy atom. The molecule has 0 aromatic heterocycles. The molecule has 26 heavy (non-hydrogen) atoms. The molecule has 1 aliphatic carbocycles. The molecule has 1 saturated carbocycles. The molecule has 0 radical (unpaired) electrons. The molecule has 3 N–H and O–H groups in total. The summed E-state index contributed by atoms with van der Waals surface area (Å²) in [6.07, 6.45) is 3.57. The van der Waals surface area contributed by atoms with Crippen LogP contribution in [-0.4, -0.2) is 36.0 Å². The van der Waals surface area contributed by atoms with Gasteiger partial charge in [0.05, 0.1) is 7.11 Å². The number of hydrogen-bond acceptors (Lipinski definition) is 4. The molecule has 0 heterocycles. The topological polar surface area (TPSA) is 105 Å². The summed E-state index contributed by atoms with van der Waals surface area (Å²) in [5.41, 5.74) is 0.0680. The minimum Gasteiger partial charge on any atom is -0.494 e. The van der Waals surface area contributed by atoms with E-state index in [-0.39, 0.29) is 23.1 Å². The molecule has 1 aromatic carbocycles. The Hall–Kier alpha value is -2.64. The van der Waals surface area contributed by atoms with Gasteiger partial charge in [-0.25, -0.2) is 9.18 Å². The summed E-state index contributed by atoms with van der Waals surface area (Å²) in [7, 11) is 1.29. The molecule has 7 nitrogen and oxygen atoms in total. The summed E-state index contributed by atoms with van der Waals surface area (Å²) in [4.78, 5) is 35.9. The van der Waals surface area contributed by atoms with Gasteiger partial charge in [-0.1, -0.05) is 18.9 Å². The van der Waals surface area contributed by atoms with Gasteiger partial charge in [0.1, 0.15) is 6.04 Å². The first-order valence-electron chi connectivity index (χ1n) is 8.50. The Labute approximate surface area is 150 Å². The highest BCUT2D eigenvalue weighted by Gasteiger charge is 2.28. The maximum absolute atomic E-state index is 13.8. The molecule has 8 heteroatoms. The Morgan fingerprint density at radius 1 is 1.23 bits per heavy atom. The Balaban J connectivity index is 2.04. The van der Waals surface area contributed by atoms with Crippen molar-refractivity contribution in [2.45, 2.75) is 44.7 Å². The maximum Gasteiger partial charge on any atom is 0.330 e. The van der Waals surface area contributed by atoms with Crippen LogP contribution in [0.5, 0.6) is 5.75 Å². The second-order valence-corrected chi connectivity index (χ2v) is 6.39. The molecular formula is C18H23FN2O5. The van der Waals surface area contributed by atoms with Gasteiger partial charge in [-0.05, 0) is 37.5 Å². The third-order valence-electron chi connectivity index (χ3n) is 4.52. The third-order valence-corrected chi connectivity index (χ3v) is 4.52. The maximum atomic E-state index is 13.8. The van der Waals surface area contributed by atoms with Crippen molar-refractivity contribution < 1.29 is 28.6 Å². The molecule has 142 valence electrons. The van der Waals surface area contributed by atoms with Crippen LogP contribution in [0.3, 0.4) is 0 Å². The minimum atomic E-state index is -1.44. The standard InChI is InChI=1S/C18H23FN2O5/c1-10(20-17(23)11-5-3-4-6-11)16(22)21-15(18(24)25)12-7-8-14(26-2)13(19)9-12/h7-11,15H,3-6H2,1-2H3,(H,20,23)(H,21,22)(H,24,25). The van der Waals surface area contributed by atoms with Gasteiger partial charge in [0, 0.05) is 5.92 Å². The van der Waals surface area contributed by atoms with E-state index in [1.165, 1.54) is 26.2 Å². The molecule has 1 aromatic rings. The number of carbonyl (C=O) groups is 3. The van der Waals surface area contributed by atoms with Gasteiger partial charge in [0.2, 0.25) is 11.8 Å². The highest BCUT2D eigenvalue weighted by atomic mass is 19.1. The lowest BCUT2D eigenvalue weighted by Gasteiger charge is -2.20. The average Bonchev–Trinajstić information content (AvgIpc) is 3.13. The van der Waals surface area contributed by atoms with Gasteiger partial charge >= 0.3 is 5.97 Å². The number of amides is 2. The van der Waals surface area contributed by atoms with E-state index >= 15 is 0 Å². The van der Waals surface area contributed by atoms with E-state index in [1.54, 1.807) is 0 Å². The van der Waals surface area contributed by atoms with Gasteiger partial charge in [-0.3, -0.25) is 9.59 Å². The van der Waals surface area contributed by atoms with E-state index in [0.717, 1.165) is 31.7 Å². The second-order valence-electron chi connectivity index (χ2n) is 6.39. The average molecular weight is 366 g/mol. The third kappa shape index (κ3) is 4.71. The van der Waals surface area contributed by atoms with E-state index in [9.17, 15) is 23.9 Å². The highest BCUT2D eigenvalue weighted by molar-refractivity contribution is 5.91.